The molecule has 0 saturated heterocycles. The van der Waals surface area contributed by atoms with Gasteiger partial charge in [-0.2, -0.15) is 0 Å². The van der Waals surface area contributed by atoms with Gasteiger partial charge >= 0.3 is 0 Å². The maximum atomic E-state index is 6.14. The Kier molecular flexibility index (Phi) is 3.22. The van der Waals surface area contributed by atoms with Crippen molar-refractivity contribution in [2.24, 2.45) is 11.5 Å². The number of benzene rings is 2. The predicted octanol–water partition coefficient (Wildman–Crippen LogP) is 2.50. The van der Waals surface area contributed by atoms with E-state index in [1.54, 1.807) is 0 Å². The maximum Gasteiger partial charge on any atom is 0.0313 e. The van der Waals surface area contributed by atoms with Gasteiger partial charge in [-0.25, -0.2) is 0 Å². The van der Waals surface area contributed by atoms with Crippen molar-refractivity contribution >= 4 is 10.8 Å². The molecular weight excluding hydrogens is 196 g/mol. The Morgan fingerprint density at radius 3 is 2.44 bits per heavy atom. The number of fused-ring (bicyclic) bond motifs is 1. The van der Waals surface area contributed by atoms with E-state index in [9.17, 15) is 0 Å². The molecule has 16 heavy (non-hydrogen) atoms. The smallest absolute Gasteiger partial charge is 0.0313 e. The van der Waals surface area contributed by atoms with Gasteiger partial charge in [-0.3, -0.25) is 0 Å². The molecule has 2 rings (SSSR count). The summed E-state index contributed by atoms with van der Waals surface area (Å²) >= 11 is 0. The Balaban J connectivity index is 2.58. The molecule has 0 heterocycles. The second-order valence-electron chi connectivity index (χ2n) is 4.20. The third-order valence-corrected chi connectivity index (χ3v) is 3.05. The zero-order valence-corrected chi connectivity index (χ0v) is 9.61. The third kappa shape index (κ3) is 1.94. The van der Waals surface area contributed by atoms with Crippen LogP contribution in [0.2, 0.25) is 0 Å². The van der Waals surface area contributed by atoms with Crippen molar-refractivity contribution in [3.05, 3.63) is 47.5 Å². The molecule has 2 aromatic carbocycles. The van der Waals surface area contributed by atoms with Crippen LogP contribution in [-0.4, -0.2) is 6.54 Å². The standard InChI is InChI=1S/C14H18N2/c1-10-6-7-13(14(16)8-9-15)12-5-3-2-4-11(10)12/h2-7,14H,8-9,15-16H2,1H3/t14-/m1/s1. The van der Waals surface area contributed by atoms with Gasteiger partial charge in [0.25, 0.3) is 0 Å². The first-order valence-corrected chi connectivity index (χ1v) is 5.68. The molecule has 1 atom stereocenters. The monoisotopic (exact) mass is 214 g/mol. The second kappa shape index (κ2) is 4.64. The van der Waals surface area contributed by atoms with Gasteiger partial charge in [-0.1, -0.05) is 36.4 Å². The first-order chi connectivity index (χ1) is 7.74. The summed E-state index contributed by atoms with van der Waals surface area (Å²) in [6.45, 7) is 2.75. The minimum absolute atomic E-state index is 0.0375. The van der Waals surface area contributed by atoms with Gasteiger partial charge in [0, 0.05) is 6.04 Å². The lowest BCUT2D eigenvalue weighted by Gasteiger charge is -2.15. The van der Waals surface area contributed by atoms with Crippen LogP contribution in [0.1, 0.15) is 23.6 Å². The lowest BCUT2D eigenvalue weighted by Crippen LogP contribution is -2.15. The van der Waals surface area contributed by atoms with Gasteiger partial charge < -0.3 is 11.5 Å². The predicted molar refractivity (Wildman–Crippen MR) is 69.3 cm³/mol. The minimum Gasteiger partial charge on any atom is -0.330 e. The molecule has 0 spiro atoms. The molecule has 0 unspecified atom stereocenters. The van der Waals surface area contributed by atoms with E-state index in [2.05, 4.69) is 43.3 Å². The number of rotatable bonds is 3. The average molecular weight is 214 g/mol. The van der Waals surface area contributed by atoms with E-state index in [-0.39, 0.29) is 6.04 Å². The van der Waals surface area contributed by atoms with Gasteiger partial charge in [-0.05, 0) is 41.8 Å². The maximum absolute atomic E-state index is 6.14. The van der Waals surface area contributed by atoms with Crippen molar-refractivity contribution in [3.8, 4) is 0 Å². The van der Waals surface area contributed by atoms with Crippen LogP contribution in [0.5, 0.6) is 0 Å². The van der Waals surface area contributed by atoms with E-state index >= 15 is 0 Å². The summed E-state index contributed by atoms with van der Waals surface area (Å²) in [7, 11) is 0. The van der Waals surface area contributed by atoms with Crippen LogP contribution < -0.4 is 11.5 Å². The fourth-order valence-electron chi connectivity index (χ4n) is 2.13. The topological polar surface area (TPSA) is 52.0 Å². The fourth-order valence-corrected chi connectivity index (χ4v) is 2.13. The molecule has 0 aromatic heterocycles. The quantitative estimate of drug-likeness (QED) is 0.824. The van der Waals surface area contributed by atoms with Gasteiger partial charge in [0.2, 0.25) is 0 Å². The third-order valence-electron chi connectivity index (χ3n) is 3.05. The Bertz CT molecular complexity index is 491. The zero-order chi connectivity index (χ0) is 11.5. The largest absolute Gasteiger partial charge is 0.330 e. The van der Waals surface area contributed by atoms with Gasteiger partial charge in [0.1, 0.15) is 0 Å². The SMILES string of the molecule is Cc1ccc([C@H](N)CCN)c2ccccc12. The van der Waals surface area contributed by atoms with Crippen LogP contribution in [0.25, 0.3) is 10.8 Å². The van der Waals surface area contributed by atoms with Crippen LogP contribution in [0.15, 0.2) is 36.4 Å². The normalized spacial score (nSPS) is 12.9. The highest BCUT2D eigenvalue weighted by Gasteiger charge is 2.09. The van der Waals surface area contributed by atoms with E-state index in [1.807, 2.05) is 0 Å². The number of nitrogens with two attached hydrogens (primary N) is 2. The van der Waals surface area contributed by atoms with Gasteiger partial charge in [0.15, 0.2) is 0 Å². The summed E-state index contributed by atoms with van der Waals surface area (Å²) in [6, 6.07) is 12.7. The number of hydrogen-bond acceptors (Lipinski definition) is 2. The highest BCUT2D eigenvalue weighted by atomic mass is 14.7. The second-order valence-corrected chi connectivity index (χ2v) is 4.20. The summed E-state index contributed by atoms with van der Waals surface area (Å²) in [6.07, 6.45) is 0.826. The van der Waals surface area contributed by atoms with Crippen molar-refractivity contribution in [3.63, 3.8) is 0 Å². The highest BCUT2D eigenvalue weighted by Crippen LogP contribution is 2.26. The lowest BCUT2D eigenvalue weighted by atomic mass is 9.95. The summed E-state index contributed by atoms with van der Waals surface area (Å²) in [5, 5.41) is 2.54. The number of aryl methyl sites for hydroxylation is 1. The molecule has 0 saturated carbocycles. The van der Waals surface area contributed by atoms with E-state index in [0.29, 0.717) is 6.54 Å². The summed E-state index contributed by atoms with van der Waals surface area (Å²) in [5.41, 5.74) is 14.2. The molecule has 0 radical (unpaired) electrons. The van der Waals surface area contributed by atoms with E-state index in [4.69, 9.17) is 11.5 Å². The summed E-state index contributed by atoms with van der Waals surface area (Å²) in [4.78, 5) is 0. The van der Waals surface area contributed by atoms with Crippen LogP contribution in [0.3, 0.4) is 0 Å². The Morgan fingerprint density at radius 1 is 1.06 bits per heavy atom. The summed E-state index contributed by atoms with van der Waals surface area (Å²) in [5.74, 6) is 0. The van der Waals surface area contributed by atoms with Crippen LogP contribution in [-0.2, 0) is 0 Å². The molecular formula is C14H18N2. The average Bonchev–Trinajstić information content (AvgIpc) is 2.30. The van der Waals surface area contributed by atoms with Crippen molar-refractivity contribution < 1.29 is 0 Å². The fraction of sp³-hybridized carbons (Fsp3) is 0.286. The molecule has 0 aliphatic heterocycles. The molecule has 0 bridgehead atoms. The van der Waals surface area contributed by atoms with E-state index in [0.717, 1.165) is 6.42 Å². The Labute approximate surface area is 96.3 Å². The Morgan fingerprint density at radius 2 is 1.75 bits per heavy atom. The highest BCUT2D eigenvalue weighted by molar-refractivity contribution is 5.88. The molecule has 2 heteroatoms. The van der Waals surface area contributed by atoms with Crippen molar-refractivity contribution in [2.75, 3.05) is 6.54 Å². The van der Waals surface area contributed by atoms with Crippen LogP contribution >= 0.6 is 0 Å². The van der Waals surface area contributed by atoms with Crippen LogP contribution in [0.4, 0.5) is 0 Å². The Hall–Kier alpha value is -1.38. The molecule has 0 fully saturated rings. The van der Waals surface area contributed by atoms with E-state index < -0.39 is 0 Å². The van der Waals surface area contributed by atoms with E-state index in [1.165, 1.54) is 21.9 Å². The van der Waals surface area contributed by atoms with Crippen molar-refractivity contribution in [1.82, 2.24) is 0 Å². The molecule has 0 amide bonds. The zero-order valence-electron chi connectivity index (χ0n) is 9.61. The molecule has 2 aromatic rings. The lowest BCUT2D eigenvalue weighted by molar-refractivity contribution is 0.666. The minimum atomic E-state index is 0.0375. The molecule has 84 valence electrons. The molecule has 2 nitrogen and oxygen atoms in total. The molecule has 4 N–H and O–H groups in total. The van der Waals surface area contributed by atoms with Gasteiger partial charge in [-0.15, -0.1) is 0 Å². The summed E-state index contributed by atoms with van der Waals surface area (Å²) < 4.78 is 0. The molecule has 0 aliphatic carbocycles. The van der Waals surface area contributed by atoms with Gasteiger partial charge in [0.05, 0.1) is 0 Å². The van der Waals surface area contributed by atoms with Crippen molar-refractivity contribution in [1.29, 1.82) is 0 Å². The number of hydrogen-bond donors (Lipinski definition) is 2. The van der Waals surface area contributed by atoms with Crippen molar-refractivity contribution in [2.45, 2.75) is 19.4 Å². The first kappa shape index (κ1) is 11.1. The van der Waals surface area contributed by atoms with Crippen LogP contribution in [0, 0.1) is 6.92 Å². The molecule has 0 aliphatic rings. The first-order valence-electron chi connectivity index (χ1n) is 5.68.